The lowest BCUT2D eigenvalue weighted by Gasteiger charge is -2.35. The standard InChI is InChI=1S/C18H25N3O3.ClH/c1-12-4-5-16(24-3)15(8-12)21-11-14(9-17(21)22)18(23)20-7-6-19-10-13(20)2;/h4-5,8,13-14,19H,6-7,9-11H2,1-3H3;1H/t13-,14?;/m0./s1. The Morgan fingerprint density at radius 3 is 2.80 bits per heavy atom. The third-order valence-corrected chi connectivity index (χ3v) is 4.88. The molecule has 1 N–H and O–H groups in total. The number of carbonyl (C=O) groups is 2. The molecule has 1 aromatic rings. The Morgan fingerprint density at radius 1 is 1.36 bits per heavy atom. The normalized spacial score (nSPS) is 23.4. The van der Waals surface area contributed by atoms with Gasteiger partial charge in [-0.05, 0) is 31.5 Å². The van der Waals surface area contributed by atoms with Crippen molar-refractivity contribution >= 4 is 29.9 Å². The summed E-state index contributed by atoms with van der Waals surface area (Å²) in [7, 11) is 1.60. The summed E-state index contributed by atoms with van der Waals surface area (Å²) in [6, 6.07) is 5.93. The van der Waals surface area contributed by atoms with Crippen LogP contribution in [0.1, 0.15) is 18.9 Å². The van der Waals surface area contributed by atoms with Crippen molar-refractivity contribution in [1.29, 1.82) is 0 Å². The third-order valence-electron chi connectivity index (χ3n) is 4.88. The monoisotopic (exact) mass is 367 g/mol. The summed E-state index contributed by atoms with van der Waals surface area (Å²) >= 11 is 0. The zero-order valence-corrected chi connectivity index (χ0v) is 15.8. The summed E-state index contributed by atoms with van der Waals surface area (Å²) in [5, 5.41) is 3.29. The molecule has 2 amide bonds. The van der Waals surface area contributed by atoms with Crippen LogP contribution in [0.25, 0.3) is 0 Å². The first-order valence-electron chi connectivity index (χ1n) is 8.47. The van der Waals surface area contributed by atoms with Crippen LogP contribution in [0.15, 0.2) is 18.2 Å². The fourth-order valence-electron chi connectivity index (χ4n) is 3.52. The van der Waals surface area contributed by atoms with E-state index in [0.717, 1.165) is 24.3 Å². The fourth-order valence-corrected chi connectivity index (χ4v) is 3.52. The van der Waals surface area contributed by atoms with Crippen LogP contribution in [0.4, 0.5) is 5.69 Å². The molecule has 0 aliphatic carbocycles. The van der Waals surface area contributed by atoms with Gasteiger partial charge in [-0.25, -0.2) is 0 Å². The van der Waals surface area contributed by atoms with Crippen molar-refractivity contribution in [3.63, 3.8) is 0 Å². The predicted octanol–water partition coefficient (Wildman–Crippen LogP) is 1.60. The fraction of sp³-hybridized carbons (Fsp3) is 0.556. The lowest BCUT2D eigenvalue weighted by Crippen LogP contribution is -2.54. The highest BCUT2D eigenvalue weighted by atomic mass is 35.5. The number of carbonyl (C=O) groups excluding carboxylic acids is 2. The smallest absolute Gasteiger partial charge is 0.228 e. The molecule has 2 fully saturated rings. The number of methoxy groups -OCH3 is 1. The van der Waals surface area contributed by atoms with Gasteiger partial charge in [0.25, 0.3) is 0 Å². The molecule has 138 valence electrons. The molecule has 2 aliphatic heterocycles. The van der Waals surface area contributed by atoms with Crippen LogP contribution in [0.3, 0.4) is 0 Å². The van der Waals surface area contributed by atoms with Crippen LogP contribution in [-0.4, -0.2) is 56.0 Å². The number of ether oxygens (including phenoxy) is 1. The average molecular weight is 368 g/mol. The number of aryl methyl sites for hydroxylation is 1. The molecule has 0 aromatic heterocycles. The van der Waals surface area contributed by atoms with Gasteiger partial charge in [-0.15, -0.1) is 12.4 Å². The molecule has 25 heavy (non-hydrogen) atoms. The second kappa shape index (κ2) is 8.06. The van der Waals surface area contributed by atoms with Crippen LogP contribution >= 0.6 is 12.4 Å². The van der Waals surface area contributed by atoms with Crippen molar-refractivity contribution in [2.75, 3.05) is 38.2 Å². The Hall–Kier alpha value is -1.79. The van der Waals surface area contributed by atoms with Gasteiger partial charge in [-0.3, -0.25) is 9.59 Å². The van der Waals surface area contributed by atoms with Gasteiger partial charge in [0.2, 0.25) is 11.8 Å². The zero-order valence-electron chi connectivity index (χ0n) is 14.9. The molecule has 2 heterocycles. The van der Waals surface area contributed by atoms with E-state index in [9.17, 15) is 9.59 Å². The van der Waals surface area contributed by atoms with Gasteiger partial charge in [0, 0.05) is 38.6 Å². The second-order valence-electron chi connectivity index (χ2n) is 6.67. The molecule has 1 aromatic carbocycles. The average Bonchev–Trinajstić information content (AvgIpc) is 2.96. The van der Waals surface area contributed by atoms with Crippen molar-refractivity contribution < 1.29 is 14.3 Å². The number of amides is 2. The second-order valence-corrected chi connectivity index (χ2v) is 6.67. The Bertz CT molecular complexity index is 652. The largest absolute Gasteiger partial charge is 0.495 e. The van der Waals surface area contributed by atoms with Gasteiger partial charge in [0.15, 0.2) is 0 Å². The Labute approximate surface area is 154 Å². The van der Waals surface area contributed by atoms with E-state index in [4.69, 9.17) is 4.74 Å². The first-order chi connectivity index (χ1) is 11.5. The maximum absolute atomic E-state index is 12.8. The number of nitrogens with one attached hydrogen (secondary N) is 1. The number of piperazine rings is 1. The number of anilines is 1. The van der Waals surface area contributed by atoms with E-state index >= 15 is 0 Å². The lowest BCUT2D eigenvalue weighted by molar-refractivity contribution is -0.138. The van der Waals surface area contributed by atoms with Gasteiger partial charge >= 0.3 is 0 Å². The number of rotatable bonds is 3. The molecule has 1 unspecified atom stereocenters. The maximum atomic E-state index is 12.8. The number of hydrogen-bond donors (Lipinski definition) is 1. The zero-order chi connectivity index (χ0) is 17.3. The highest BCUT2D eigenvalue weighted by Crippen LogP contribution is 2.34. The molecule has 3 rings (SSSR count). The molecule has 2 saturated heterocycles. The van der Waals surface area contributed by atoms with E-state index in [1.807, 2.05) is 36.9 Å². The molecule has 7 heteroatoms. The summed E-state index contributed by atoms with van der Waals surface area (Å²) in [5.74, 6) is 0.465. The molecule has 2 atom stereocenters. The van der Waals surface area contributed by atoms with Crippen molar-refractivity contribution in [2.24, 2.45) is 5.92 Å². The van der Waals surface area contributed by atoms with E-state index in [0.29, 0.717) is 18.8 Å². The first kappa shape index (κ1) is 19.5. The van der Waals surface area contributed by atoms with Crippen molar-refractivity contribution in [3.05, 3.63) is 23.8 Å². The minimum Gasteiger partial charge on any atom is -0.495 e. The molecule has 0 bridgehead atoms. The summed E-state index contributed by atoms with van der Waals surface area (Å²) in [5.41, 5.74) is 1.82. The topological polar surface area (TPSA) is 61.9 Å². The Kier molecular flexibility index (Phi) is 6.30. The number of halogens is 1. The molecular weight excluding hydrogens is 342 g/mol. The first-order valence-corrected chi connectivity index (χ1v) is 8.47. The Morgan fingerprint density at radius 2 is 2.12 bits per heavy atom. The van der Waals surface area contributed by atoms with Crippen molar-refractivity contribution in [3.8, 4) is 5.75 Å². The molecular formula is C18H26ClN3O3. The Balaban J connectivity index is 0.00000225. The molecule has 0 spiro atoms. The third kappa shape index (κ3) is 3.90. The van der Waals surface area contributed by atoms with E-state index in [-0.39, 0.29) is 42.6 Å². The van der Waals surface area contributed by atoms with Crippen LogP contribution in [0.5, 0.6) is 5.75 Å². The summed E-state index contributed by atoms with van der Waals surface area (Å²) in [6.07, 6.45) is 0.270. The number of benzene rings is 1. The summed E-state index contributed by atoms with van der Waals surface area (Å²) in [6.45, 7) is 6.78. The van der Waals surface area contributed by atoms with Gasteiger partial charge in [0.05, 0.1) is 18.7 Å². The SMILES string of the molecule is COc1ccc(C)cc1N1CC(C(=O)N2CCNC[C@@H]2C)CC1=O.Cl. The molecule has 6 nitrogen and oxygen atoms in total. The molecule has 0 radical (unpaired) electrons. The van der Waals surface area contributed by atoms with Crippen LogP contribution in [0, 0.1) is 12.8 Å². The maximum Gasteiger partial charge on any atom is 0.228 e. The van der Waals surface area contributed by atoms with Crippen LogP contribution in [-0.2, 0) is 9.59 Å². The quantitative estimate of drug-likeness (QED) is 0.881. The minimum atomic E-state index is -0.275. The van der Waals surface area contributed by atoms with Crippen LogP contribution in [0.2, 0.25) is 0 Å². The highest BCUT2D eigenvalue weighted by molar-refractivity contribution is 6.01. The van der Waals surface area contributed by atoms with E-state index in [2.05, 4.69) is 5.32 Å². The van der Waals surface area contributed by atoms with Gasteiger partial charge in [-0.1, -0.05) is 6.07 Å². The predicted molar refractivity (Wildman–Crippen MR) is 99.5 cm³/mol. The minimum absolute atomic E-state index is 0. The molecule has 0 saturated carbocycles. The van der Waals surface area contributed by atoms with Gasteiger partial charge in [-0.2, -0.15) is 0 Å². The lowest BCUT2D eigenvalue weighted by atomic mass is 10.0. The molecule has 2 aliphatic rings. The van der Waals surface area contributed by atoms with Crippen molar-refractivity contribution in [2.45, 2.75) is 26.3 Å². The summed E-state index contributed by atoms with van der Waals surface area (Å²) in [4.78, 5) is 29.0. The van der Waals surface area contributed by atoms with E-state index in [1.54, 1.807) is 12.0 Å². The van der Waals surface area contributed by atoms with Gasteiger partial charge < -0.3 is 19.9 Å². The van der Waals surface area contributed by atoms with E-state index < -0.39 is 0 Å². The summed E-state index contributed by atoms with van der Waals surface area (Å²) < 4.78 is 5.39. The van der Waals surface area contributed by atoms with Gasteiger partial charge in [0.1, 0.15) is 5.75 Å². The number of nitrogens with zero attached hydrogens (tertiary/aromatic N) is 2. The highest BCUT2D eigenvalue weighted by Gasteiger charge is 2.39. The van der Waals surface area contributed by atoms with Crippen molar-refractivity contribution in [1.82, 2.24) is 10.2 Å². The number of hydrogen-bond acceptors (Lipinski definition) is 4. The van der Waals surface area contributed by atoms with Crippen LogP contribution < -0.4 is 15.0 Å². The van der Waals surface area contributed by atoms with E-state index in [1.165, 1.54) is 0 Å².